The van der Waals surface area contributed by atoms with Crippen molar-refractivity contribution < 1.29 is 5.11 Å². The monoisotopic (exact) mass is 140 g/mol. The van der Waals surface area contributed by atoms with Gasteiger partial charge in [0.15, 0.2) is 0 Å². The summed E-state index contributed by atoms with van der Waals surface area (Å²) >= 11 is 0. The molecule has 0 aromatic carbocycles. The summed E-state index contributed by atoms with van der Waals surface area (Å²) in [5.74, 6) is 0.801. The smallest absolute Gasteiger partial charge is 0.0656 e. The second-order valence-corrected chi connectivity index (χ2v) is 3.64. The molecule has 1 unspecified atom stereocenters. The Kier molecular flexibility index (Phi) is 2.14. The molecule has 0 aromatic rings. The Morgan fingerprint density at radius 3 is 2.70 bits per heavy atom. The van der Waals surface area contributed by atoms with Crippen LogP contribution in [-0.2, 0) is 0 Å². The molecular weight excluding hydrogens is 124 g/mol. The fourth-order valence-corrected chi connectivity index (χ4v) is 1.34. The van der Waals surface area contributed by atoms with E-state index in [1.54, 1.807) is 6.08 Å². The van der Waals surface area contributed by atoms with Crippen LogP contribution in [0.4, 0.5) is 0 Å². The highest BCUT2D eigenvalue weighted by atomic mass is 16.3. The van der Waals surface area contributed by atoms with Gasteiger partial charge in [-0.05, 0) is 25.7 Å². The van der Waals surface area contributed by atoms with E-state index in [0.717, 1.165) is 18.8 Å². The van der Waals surface area contributed by atoms with E-state index < -0.39 is 5.60 Å². The Balaban J connectivity index is 2.25. The molecule has 0 bridgehead atoms. The molecule has 1 N–H and O–H groups in total. The minimum Gasteiger partial charge on any atom is -0.390 e. The lowest BCUT2D eigenvalue weighted by molar-refractivity contribution is 0.0483. The van der Waals surface area contributed by atoms with Gasteiger partial charge in [-0.3, -0.25) is 0 Å². The van der Waals surface area contributed by atoms with Gasteiger partial charge in [0.1, 0.15) is 0 Å². The van der Waals surface area contributed by atoms with Crippen molar-refractivity contribution in [2.45, 2.75) is 38.2 Å². The van der Waals surface area contributed by atoms with Crippen LogP contribution in [-0.4, -0.2) is 10.7 Å². The Bertz CT molecular complexity index is 123. The van der Waals surface area contributed by atoms with E-state index >= 15 is 0 Å². The third kappa shape index (κ3) is 2.53. The summed E-state index contributed by atoms with van der Waals surface area (Å²) in [5.41, 5.74) is -0.483. The molecular formula is C9H16O. The van der Waals surface area contributed by atoms with Crippen molar-refractivity contribution in [2.24, 2.45) is 5.92 Å². The van der Waals surface area contributed by atoms with E-state index in [9.17, 15) is 5.11 Å². The summed E-state index contributed by atoms with van der Waals surface area (Å²) in [6.07, 6.45) is 6.10. The summed E-state index contributed by atoms with van der Waals surface area (Å²) in [7, 11) is 0. The van der Waals surface area contributed by atoms with Gasteiger partial charge in [-0.15, -0.1) is 6.58 Å². The highest BCUT2D eigenvalue weighted by molar-refractivity contribution is 4.88. The van der Waals surface area contributed by atoms with Crippen LogP contribution in [0.15, 0.2) is 12.7 Å². The van der Waals surface area contributed by atoms with Crippen molar-refractivity contribution in [1.82, 2.24) is 0 Å². The highest BCUT2D eigenvalue weighted by Crippen LogP contribution is 2.37. The fourth-order valence-electron chi connectivity index (χ4n) is 1.34. The van der Waals surface area contributed by atoms with Crippen LogP contribution in [0.2, 0.25) is 0 Å². The standard InChI is InChI=1S/C9H16O/c1-3-6-9(2,10)7-8-4-5-8/h3,8,10H,1,4-7H2,2H3. The molecule has 1 nitrogen and oxygen atoms in total. The van der Waals surface area contributed by atoms with Crippen molar-refractivity contribution >= 4 is 0 Å². The zero-order valence-corrected chi connectivity index (χ0v) is 6.64. The fraction of sp³-hybridized carbons (Fsp3) is 0.778. The van der Waals surface area contributed by atoms with Crippen molar-refractivity contribution in [1.29, 1.82) is 0 Å². The number of aliphatic hydroxyl groups is 1. The predicted molar refractivity (Wildman–Crippen MR) is 42.8 cm³/mol. The van der Waals surface area contributed by atoms with Crippen molar-refractivity contribution in [3.63, 3.8) is 0 Å². The molecule has 58 valence electrons. The Labute approximate surface area is 62.8 Å². The van der Waals surface area contributed by atoms with Gasteiger partial charge in [0, 0.05) is 0 Å². The molecule has 0 amide bonds. The predicted octanol–water partition coefficient (Wildman–Crippen LogP) is 2.11. The molecule has 0 heterocycles. The van der Waals surface area contributed by atoms with E-state index in [-0.39, 0.29) is 0 Å². The average molecular weight is 140 g/mol. The van der Waals surface area contributed by atoms with Gasteiger partial charge in [0.05, 0.1) is 5.60 Å². The molecule has 0 aromatic heterocycles. The van der Waals surface area contributed by atoms with Gasteiger partial charge >= 0.3 is 0 Å². The maximum Gasteiger partial charge on any atom is 0.0656 e. The summed E-state index contributed by atoms with van der Waals surface area (Å²) in [4.78, 5) is 0. The van der Waals surface area contributed by atoms with Gasteiger partial charge < -0.3 is 5.11 Å². The molecule has 1 fully saturated rings. The largest absolute Gasteiger partial charge is 0.390 e. The van der Waals surface area contributed by atoms with Crippen molar-refractivity contribution in [3.05, 3.63) is 12.7 Å². The molecule has 1 saturated carbocycles. The van der Waals surface area contributed by atoms with Crippen molar-refractivity contribution in [2.75, 3.05) is 0 Å². The van der Waals surface area contributed by atoms with Crippen LogP contribution in [0.3, 0.4) is 0 Å². The van der Waals surface area contributed by atoms with Crippen LogP contribution in [0.5, 0.6) is 0 Å². The Morgan fingerprint density at radius 1 is 1.70 bits per heavy atom. The first-order valence-electron chi connectivity index (χ1n) is 3.97. The zero-order valence-electron chi connectivity index (χ0n) is 6.64. The van der Waals surface area contributed by atoms with Gasteiger partial charge in [-0.25, -0.2) is 0 Å². The maximum absolute atomic E-state index is 9.65. The van der Waals surface area contributed by atoms with Gasteiger partial charge in [-0.1, -0.05) is 18.9 Å². The Morgan fingerprint density at radius 2 is 2.30 bits per heavy atom. The van der Waals surface area contributed by atoms with Crippen LogP contribution in [0, 0.1) is 5.92 Å². The van der Waals surface area contributed by atoms with Gasteiger partial charge in [0.25, 0.3) is 0 Å². The Hall–Kier alpha value is -0.300. The van der Waals surface area contributed by atoms with E-state index in [4.69, 9.17) is 0 Å². The van der Waals surface area contributed by atoms with E-state index in [1.807, 2.05) is 6.92 Å². The van der Waals surface area contributed by atoms with Crippen LogP contribution < -0.4 is 0 Å². The molecule has 0 saturated heterocycles. The zero-order chi connectivity index (χ0) is 7.61. The molecule has 1 aliphatic carbocycles. The number of hydrogen-bond acceptors (Lipinski definition) is 1. The lowest BCUT2D eigenvalue weighted by Crippen LogP contribution is -2.23. The van der Waals surface area contributed by atoms with Crippen LogP contribution in [0.1, 0.15) is 32.6 Å². The van der Waals surface area contributed by atoms with Gasteiger partial charge in [0.2, 0.25) is 0 Å². The molecule has 1 atom stereocenters. The van der Waals surface area contributed by atoms with E-state index in [1.165, 1.54) is 12.8 Å². The third-order valence-corrected chi connectivity index (χ3v) is 2.01. The quantitative estimate of drug-likeness (QED) is 0.593. The normalized spacial score (nSPS) is 23.8. The molecule has 0 radical (unpaired) electrons. The summed E-state index contributed by atoms with van der Waals surface area (Å²) in [5, 5.41) is 9.65. The SMILES string of the molecule is C=CCC(C)(O)CC1CC1. The molecule has 1 aliphatic rings. The summed E-state index contributed by atoms with van der Waals surface area (Å²) in [6, 6.07) is 0. The van der Waals surface area contributed by atoms with E-state index in [0.29, 0.717) is 0 Å². The first-order chi connectivity index (χ1) is 4.64. The summed E-state index contributed by atoms with van der Waals surface area (Å²) < 4.78 is 0. The third-order valence-electron chi connectivity index (χ3n) is 2.01. The second kappa shape index (κ2) is 2.75. The first-order valence-corrected chi connectivity index (χ1v) is 3.97. The second-order valence-electron chi connectivity index (χ2n) is 3.64. The average Bonchev–Trinajstić information content (AvgIpc) is 2.48. The van der Waals surface area contributed by atoms with Crippen LogP contribution >= 0.6 is 0 Å². The van der Waals surface area contributed by atoms with E-state index in [2.05, 4.69) is 6.58 Å². The molecule has 1 rings (SSSR count). The number of hydrogen-bond donors (Lipinski definition) is 1. The first kappa shape index (κ1) is 7.80. The topological polar surface area (TPSA) is 20.2 Å². The van der Waals surface area contributed by atoms with Crippen LogP contribution in [0.25, 0.3) is 0 Å². The summed E-state index contributed by atoms with van der Waals surface area (Å²) in [6.45, 7) is 5.51. The molecule has 0 spiro atoms. The number of rotatable bonds is 4. The minimum absolute atomic E-state index is 0.483. The highest BCUT2D eigenvalue weighted by Gasteiger charge is 2.30. The van der Waals surface area contributed by atoms with Crippen molar-refractivity contribution in [3.8, 4) is 0 Å². The molecule has 10 heavy (non-hydrogen) atoms. The molecule has 1 heteroatoms. The lowest BCUT2D eigenvalue weighted by atomic mass is 9.95. The lowest BCUT2D eigenvalue weighted by Gasteiger charge is -2.20. The molecule has 0 aliphatic heterocycles. The minimum atomic E-state index is -0.483. The van der Waals surface area contributed by atoms with Gasteiger partial charge in [-0.2, -0.15) is 0 Å². The maximum atomic E-state index is 9.65.